The van der Waals surface area contributed by atoms with Crippen molar-refractivity contribution in [3.05, 3.63) is 143 Å². The molecule has 214 valence electrons. The van der Waals surface area contributed by atoms with Crippen LogP contribution >= 0.6 is 0 Å². The largest absolute Gasteiger partial charge is 0.412 e. The molecule has 0 saturated carbocycles. The molecule has 0 radical (unpaired) electrons. The van der Waals surface area contributed by atoms with Crippen molar-refractivity contribution in [1.29, 1.82) is 0 Å². The van der Waals surface area contributed by atoms with Crippen molar-refractivity contribution in [3.63, 3.8) is 0 Å². The summed E-state index contributed by atoms with van der Waals surface area (Å²) in [7, 11) is -1.82. The first kappa shape index (κ1) is 31.1. The molecular formula is C40H44OSi. The van der Waals surface area contributed by atoms with E-state index < -0.39 is 8.32 Å². The highest BCUT2D eigenvalue weighted by Gasteiger charge is 2.39. The minimum atomic E-state index is -1.82. The van der Waals surface area contributed by atoms with Crippen molar-refractivity contribution in [2.75, 3.05) is 0 Å². The number of benzene rings is 4. The molecule has 0 aliphatic carbocycles. The second-order valence-corrected chi connectivity index (χ2v) is 16.4. The second-order valence-electron chi connectivity index (χ2n) is 11.7. The Morgan fingerprint density at radius 2 is 0.929 bits per heavy atom. The maximum absolute atomic E-state index is 7.23. The Hall–Kier alpha value is -3.82. The van der Waals surface area contributed by atoms with Gasteiger partial charge in [-0.1, -0.05) is 105 Å². The Labute approximate surface area is 255 Å². The zero-order valence-corrected chi connectivity index (χ0v) is 26.9. The van der Waals surface area contributed by atoms with Gasteiger partial charge in [0.25, 0.3) is 0 Å². The average Bonchev–Trinajstić information content (AvgIpc) is 3.03. The molecule has 0 aromatic heterocycles. The van der Waals surface area contributed by atoms with Crippen LogP contribution in [0.5, 0.6) is 0 Å². The van der Waals surface area contributed by atoms with Crippen molar-refractivity contribution < 1.29 is 4.43 Å². The van der Waals surface area contributed by atoms with E-state index in [1.165, 1.54) is 11.1 Å². The lowest BCUT2D eigenvalue weighted by Crippen LogP contribution is -2.49. The van der Waals surface area contributed by atoms with Gasteiger partial charge in [0.1, 0.15) is 0 Å². The van der Waals surface area contributed by atoms with Crippen molar-refractivity contribution in [2.24, 2.45) is 5.92 Å². The van der Waals surface area contributed by atoms with E-state index in [4.69, 9.17) is 4.43 Å². The van der Waals surface area contributed by atoms with Gasteiger partial charge in [-0.05, 0) is 110 Å². The van der Waals surface area contributed by atoms with E-state index in [1.807, 2.05) is 36.4 Å². The van der Waals surface area contributed by atoms with Gasteiger partial charge in [0.05, 0.1) is 5.60 Å². The maximum Gasteiger partial charge on any atom is 0.192 e. The van der Waals surface area contributed by atoms with Crippen LogP contribution in [-0.2, 0) is 17.3 Å². The summed E-state index contributed by atoms with van der Waals surface area (Å²) in [5, 5.41) is 0. The fraction of sp³-hybridized carbons (Fsp3) is 0.300. The highest BCUT2D eigenvalue weighted by molar-refractivity contribution is 6.73. The summed E-state index contributed by atoms with van der Waals surface area (Å²) in [4.78, 5) is 0. The summed E-state index contributed by atoms with van der Waals surface area (Å²) in [6.45, 7) is 11.6. The molecule has 42 heavy (non-hydrogen) atoms. The molecule has 0 unspecified atom stereocenters. The second kappa shape index (κ2) is 14.9. The van der Waals surface area contributed by atoms with Gasteiger partial charge in [-0.15, -0.1) is 0 Å². The third kappa shape index (κ3) is 8.84. The monoisotopic (exact) mass is 568 g/mol. The van der Waals surface area contributed by atoms with Crippen molar-refractivity contribution in [3.8, 4) is 23.7 Å². The zero-order valence-electron chi connectivity index (χ0n) is 25.9. The summed E-state index contributed by atoms with van der Waals surface area (Å²) in [6.07, 6.45) is 1.85. The zero-order chi connectivity index (χ0) is 29.8. The molecular weight excluding hydrogens is 525 g/mol. The first-order valence-electron chi connectivity index (χ1n) is 15.4. The minimum absolute atomic E-state index is 0.272. The number of hydrogen-bond acceptors (Lipinski definition) is 1. The molecule has 4 aromatic rings. The Morgan fingerprint density at radius 1 is 0.548 bits per heavy atom. The van der Waals surface area contributed by atoms with Crippen LogP contribution in [0.25, 0.3) is 0 Å². The smallest absolute Gasteiger partial charge is 0.192 e. The third-order valence-electron chi connectivity index (χ3n) is 8.46. The van der Waals surface area contributed by atoms with Crippen LogP contribution in [0.3, 0.4) is 0 Å². The molecule has 4 rings (SSSR count). The van der Waals surface area contributed by atoms with E-state index in [0.717, 1.165) is 53.2 Å². The summed E-state index contributed by atoms with van der Waals surface area (Å²) in [5.74, 6) is 13.7. The standard InChI is InChI=1S/C40H44OSi/c1-6-42(7-2,8-3)41-40(4,5)39(31-37-23-15-21-35(29-37)27-25-33-17-11-9-12-18-33)32-38-24-16-22-36(30-38)28-26-34-19-13-10-14-20-34/h9-24,29-30,39H,6-8,31-32H2,1-5H3. The highest BCUT2D eigenvalue weighted by Crippen LogP contribution is 2.35. The van der Waals surface area contributed by atoms with Crippen LogP contribution in [-0.4, -0.2) is 13.9 Å². The van der Waals surface area contributed by atoms with Crippen LogP contribution in [0, 0.1) is 29.6 Å². The van der Waals surface area contributed by atoms with E-state index in [-0.39, 0.29) is 5.60 Å². The molecule has 0 N–H and O–H groups in total. The Bertz CT molecular complexity index is 1430. The fourth-order valence-corrected chi connectivity index (χ4v) is 8.84. The number of hydrogen-bond donors (Lipinski definition) is 0. The van der Waals surface area contributed by atoms with Gasteiger partial charge in [-0.2, -0.15) is 0 Å². The molecule has 0 amide bonds. The summed E-state index contributed by atoms with van der Waals surface area (Å²) >= 11 is 0. The van der Waals surface area contributed by atoms with Crippen LogP contribution in [0.2, 0.25) is 18.1 Å². The molecule has 0 heterocycles. The van der Waals surface area contributed by atoms with Gasteiger partial charge >= 0.3 is 0 Å². The molecule has 0 spiro atoms. The Morgan fingerprint density at radius 3 is 1.33 bits per heavy atom. The van der Waals surface area contributed by atoms with Crippen molar-refractivity contribution in [1.82, 2.24) is 0 Å². The van der Waals surface area contributed by atoms with Gasteiger partial charge in [0.2, 0.25) is 0 Å². The average molecular weight is 569 g/mol. The quantitative estimate of drug-likeness (QED) is 0.137. The first-order valence-corrected chi connectivity index (χ1v) is 17.9. The van der Waals surface area contributed by atoms with Gasteiger partial charge in [0, 0.05) is 22.3 Å². The van der Waals surface area contributed by atoms with Crippen LogP contribution in [0.1, 0.15) is 68.0 Å². The lowest BCUT2D eigenvalue weighted by atomic mass is 9.80. The van der Waals surface area contributed by atoms with Crippen molar-refractivity contribution in [2.45, 2.75) is 71.2 Å². The molecule has 0 fully saturated rings. The predicted octanol–water partition coefficient (Wildman–Crippen LogP) is 9.69. The SMILES string of the molecule is CC[Si](CC)(CC)OC(C)(C)C(Cc1cccc(C#Cc2ccccc2)c1)Cc1cccc(C#Cc2ccccc2)c1. The maximum atomic E-state index is 7.23. The lowest BCUT2D eigenvalue weighted by Gasteiger charge is -2.43. The van der Waals surface area contributed by atoms with Crippen LogP contribution in [0.4, 0.5) is 0 Å². The molecule has 0 atom stereocenters. The molecule has 2 heteroatoms. The third-order valence-corrected chi connectivity index (χ3v) is 13.3. The normalized spacial score (nSPS) is 11.4. The summed E-state index contributed by atoms with van der Waals surface area (Å²) in [5.41, 5.74) is 6.49. The van der Waals surface area contributed by atoms with Crippen molar-refractivity contribution >= 4 is 8.32 Å². The predicted molar refractivity (Wildman–Crippen MR) is 181 cm³/mol. The molecule has 4 aromatic carbocycles. The highest BCUT2D eigenvalue weighted by atomic mass is 28.4. The van der Waals surface area contributed by atoms with E-state index >= 15 is 0 Å². The Balaban J connectivity index is 1.63. The van der Waals surface area contributed by atoms with E-state index in [0.29, 0.717) is 5.92 Å². The number of rotatable bonds is 10. The molecule has 0 saturated heterocycles. The molecule has 0 aliphatic rings. The lowest BCUT2D eigenvalue weighted by molar-refractivity contribution is 0.0316. The summed E-state index contributed by atoms with van der Waals surface area (Å²) < 4.78 is 7.23. The van der Waals surface area contributed by atoms with Gasteiger partial charge in [-0.3, -0.25) is 0 Å². The fourth-order valence-electron chi connectivity index (χ4n) is 5.62. The first-order chi connectivity index (χ1) is 20.3. The van der Waals surface area contributed by atoms with Gasteiger partial charge in [-0.25, -0.2) is 0 Å². The topological polar surface area (TPSA) is 9.23 Å². The van der Waals surface area contributed by atoms with Gasteiger partial charge < -0.3 is 4.43 Å². The molecule has 0 bridgehead atoms. The van der Waals surface area contributed by atoms with Gasteiger partial charge in [0.15, 0.2) is 8.32 Å². The minimum Gasteiger partial charge on any atom is -0.412 e. The molecule has 1 nitrogen and oxygen atoms in total. The van der Waals surface area contributed by atoms with Crippen LogP contribution in [0.15, 0.2) is 109 Å². The molecule has 0 aliphatic heterocycles. The summed E-state index contributed by atoms with van der Waals surface area (Å²) in [6, 6.07) is 41.3. The van der Waals surface area contributed by atoms with Crippen LogP contribution < -0.4 is 0 Å². The van der Waals surface area contributed by atoms with E-state index in [9.17, 15) is 0 Å². The Kier molecular flexibility index (Phi) is 11.0. The van der Waals surface area contributed by atoms with E-state index in [1.54, 1.807) is 0 Å². The van der Waals surface area contributed by atoms with E-state index in [2.05, 4.69) is 131 Å².